The van der Waals surface area contributed by atoms with Crippen LogP contribution in [0.15, 0.2) is 21.9 Å². The summed E-state index contributed by atoms with van der Waals surface area (Å²) in [5, 5.41) is 19.9. The topological polar surface area (TPSA) is 130 Å². The van der Waals surface area contributed by atoms with Crippen molar-refractivity contribution in [2.24, 2.45) is 0 Å². The maximum absolute atomic E-state index is 16.2. The van der Waals surface area contributed by atoms with Gasteiger partial charge < -0.3 is 18.9 Å². The normalized spacial score (nSPS) is 37.1. The summed E-state index contributed by atoms with van der Waals surface area (Å²) in [5.41, 5.74) is -7.56. The minimum Gasteiger partial charge on any atom is -0.384 e. The van der Waals surface area contributed by atoms with Crippen LogP contribution in [0.1, 0.15) is 53.2 Å². The monoisotopic (exact) mass is 502 g/mol. The van der Waals surface area contributed by atoms with Crippen LogP contribution in [0.2, 0.25) is 0 Å². The molecule has 188 valence electrons. The van der Waals surface area contributed by atoms with Crippen molar-refractivity contribution in [2.45, 2.75) is 94.4 Å². The van der Waals surface area contributed by atoms with Crippen LogP contribution in [0.25, 0.3) is 0 Å². The number of ether oxygens (including phenoxy) is 1. The molecule has 0 aromatic carbocycles. The first kappa shape index (κ1) is 25.4. The molecule has 13 heteroatoms. The molecule has 0 radical (unpaired) electrons. The Balaban J connectivity index is 1.73. The molecule has 3 fully saturated rings. The molecular formula is C21H29F2N4O6P. The lowest BCUT2D eigenvalue weighted by atomic mass is 9.90. The minimum atomic E-state index is -2.09. The molecule has 10 nitrogen and oxygen atoms in total. The van der Waals surface area contributed by atoms with Crippen LogP contribution < -0.4 is 11.2 Å². The van der Waals surface area contributed by atoms with E-state index in [1.807, 2.05) is 43.4 Å². The van der Waals surface area contributed by atoms with Gasteiger partial charge >= 0.3 is 5.69 Å². The molecule has 1 aliphatic heterocycles. The number of nitrogens with zero attached hydrogens (tertiary/aromatic N) is 3. The maximum Gasteiger partial charge on any atom is 0.330 e. The lowest BCUT2D eigenvalue weighted by Crippen LogP contribution is -2.50. The number of nitrogens with one attached hydrogen (secondary N) is 1. The lowest BCUT2D eigenvalue weighted by Gasteiger charge is -2.41. The van der Waals surface area contributed by atoms with Gasteiger partial charge in [0.15, 0.2) is 12.4 Å². The highest BCUT2D eigenvalue weighted by atomic mass is 31.2. The summed E-state index contributed by atoms with van der Waals surface area (Å²) in [6, 6.07) is 2.83. The molecule has 1 aromatic rings. The van der Waals surface area contributed by atoms with Crippen molar-refractivity contribution in [3.05, 3.63) is 33.1 Å². The summed E-state index contributed by atoms with van der Waals surface area (Å²) in [6.45, 7) is 7.62. The fourth-order valence-corrected chi connectivity index (χ4v) is 7.01. The molecule has 0 amide bonds. The predicted molar refractivity (Wildman–Crippen MR) is 117 cm³/mol. The van der Waals surface area contributed by atoms with E-state index in [-0.39, 0.29) is 31.5 Å². The van der Waals surface area contributed by atoms with Crippen molar-refractivity contribution >= 4 is 8.53 Å². The first-order valence-electron chi connectivity index (χ1n) is 11.2. The van der Waals surface area contributed by atoms with Gasteiger partial charge in [-0.3, -0.25) is 14.3 Å². The highest BCUT2D eigenvalue weighted by Crippen LogP contribution is 2.73. The number of H-pyrrole nitrogens is 1. The van der Waals surface area contributed by atoms with E-state index in [9.17, 15) is 14.7 Å². The number of nitriles is 1. The van der Waals surface area contributed by atoms with Crippen LogP contribution in [0.5, 0.6) is 0 Å². The molecule has 1 unspecified atom stereocenters. The number of halogens is 2. The van der Waals surface area contributed by atoms with Gasteiger partial charge in [0, 0.05) is 37.2 Å². The number of fused-ring (bicyclic) bond motifs is 3. The van der Waals surface area contributed by atoms with E-state index in [1.165, 1.54) is 0 Å². The number of alkyl halides is 2. The molecule has 2 heterocycles. The van der Waals surface area contributed by atoms with Gasteiger partial charge in [-0.05, 0) is 27.7 Å². The van der Waals surface area contributed by atoms with Gasteiger partial charge in [-0.15, -0.1) is 0 Å². The Morgan fingerprint density at radius 3 is 2.65 bits per heavy atom. The Morgan fingerprint density at radius 1 is 1.38 bits per heavy atom. The van der Waals surface area contributed by atoms with Crippen LogP contribution >= 0.6 is 8.53 Å². The van der Waals surface area contributed by atoms with Crippen molar-refractivity contribution in [3.8, 4) is 6.07 Å². The second kappa shape index (κ2) is 8.73. The molecule has 1 aromatic heterocycles. The van der Waals surface area contributed by atoms with Gasteiger partial charge in [-0.2, -0.15) is 5.26 Å². The highest BCUT2D eigenvalue weighted by molar-refractivity contribution is 7.44. The molecule has 0 spiro atoms. The highest BCUT2D eigenvalue weighted by Gasteiger charge is 2.88. The second-order valence-corrected chi connectivity index (χ2v) is 11.0. The Morgan fingerprint density at radius 2 is 2.06 bits per heavy atom. The molecule has 3 aliphatic rings. The Labute approximate surface area is 196 Å². The van der Waals surface area contributed by atoms with E-state index in [2.05, 4.69) is 0 Å². The summed E-state index contributed by atoms with van der Waals surface area (Å²) < 4.78 is 52.3. The summed E-state index contributed by atoms with van der Waals surface area (Å²) >= 11 is 0. The van der Waals surface area contributed by atoms with Crippen LogP contribution in [-0.4, -0.2) is 67.2 Å². The first-order chi connectivity index (χ1) is 15.9. The third kappa shape index (κ3) is 3.83. The van der Waals surface area contributed by atoms with Crippen molar-refractivity contribution in [2.75, 3.05) is 6.61 Å². The van der Waals surface area contributed by atoms with Gasteiger partial charge in [-0.25, -0.2) is 18.2 Å². The van der Waals surface area contributed by atoms with Crippen LogP contribution in [0, 0.1) is 11.3 Å². The molecule has 2 aliphatic carbocycles. The first-order valence-corrected chi connectivity index (χ1v) is 12.3. The Kier molecular flexibility index (Phi) is 6.51. The quantitative estimate of drug-likeness (QED) is 0.388. The number of hydrogen-bond donors (Lipinski definition) is 2. The zero-order valence-electron chi connectivity index (χ0n) is 19.4. The van der Waals surface area contributed by atoms with E-state index in [1.54, 1.807) is 0 Å². The van der Waals surface area contributed by atoms with E-state index >= 15 is 8.78 Å². The summed E-state index contributed by atoms with van der Waals surface area (Å²) in [4.78, 5) is 25.8. The van der Waals surface area contributed by atoms with Crippen molar-refractivity contribution in [1.82, 2.24) is 14.2 Å². The Hall–Kier alpha value is -1.74. The SMILES string of the molecule is CC(C)N(C(C)C)P(OCCC#N)O[C@]12C[C@]3(F)C[C@]3(O)[C@H]1O[C@@H](n1ccc(=O)[nH]c1=O)[C@@H]2F. The zero-order chi connectivity index (χ0) is 25.1. The number of aromatic amines is 1. The number of hydrogen-bond acceptors (Lipinski definition) is 8. The van der Waals surface area contributed by atoms with Crippen molar-refractivity contribution in [3.63, 3.8) is 0 Å². The van der Waals surface area contributed by atoms with Gasteiger partial charge in [0.1, 0.15) is 23.0 Å². The average Bonchev–Trinajstić information content (AvgIpc) is 3.06. The van der Waals surface area contributed by atoms with E-state index in [4.69, 9.17) is 19.0 Å². The fraction of sp³-hybridized carbons (Fsp3) is 0.762. The molecule has 1 saturated heterocycles. The van der Waals surface area contributed by atoms with Gasteiger partial charge in [-0.1, -0.05) is 0 Å². The van der Waals surface area contributed by atoms with Crippen molar-refractivity contribution < 1.29 is 27.7 Å². The van der Waals surface area contributed by atoms with Crippen molar-refractivity contribution in [1.29, 1.82) is 5.26 Å². The molecule has 34 heavy (non-hydrogen) atoms. The smallest absolute Gasteiger partial charge is 0.330 e. The summed E-state index contributed by atoms with van der Waals surface area (Å²) in [7, 11) is -2.00. The van der Waals surface area contributed by atoms with Crippen LogP contribution in [-0.2, 0) is 13.8 Å². The molecule has 0 bridgehead atoms. The standard InChI is InChI=1S/C21H29F2N4O6P/c1-12(2)27(13(3)4)34(31-9-5-7-24)33-20-10-19(23)11-21(19,30)17(20)32-16(15(20)22)26-8-6-14(28)25-18(26)29/h6,8,12-13,15-17,30H,5,9-11H2,1-4H3,(H,25,28,29)/t15-,16+,17-,19-,20-,21-,34?/m0/s1. The third-order valence-corrected chi connectivity index (χ3v) is 8.86. The number of rotatable bonds is 9. The van der Waals surface area contributed by atoms with Crippen LogP contribution in [0.4, 0.5) is 8.78 Å². The number of aliphatic hydroxyl groups is 1. The average molecular weight is 502 g/mol. The lowest BCUT2D eigenvalue weighted by molar-refractivity contribution is -0.105. The molecule has 2 saturated carbocycles. The second-order valence-electron chi connectivity index (χ2n) is 9.66. The van der Waals surface area contributed by atoms with Gasteiger partial charge in [0.2, 0.25) is 0 Å². The van der Waals surface area contributed by atoms with Gasteiger partial charge in [0.25, 0.3) is 14.1 Å². The molecule has 7 atom stereocenters. The maximum atomic E-state index is 16.2. The third-order valence-electron chi connectivity index (χ3n) is 6.66. The zero-order valence-corrected chi connectivity index (χ0v) is 20.3. The molecule has 4 rings (SSSR count). The number of aromatic nitrogens is 2. The Bertz CT molecular complexity index is 1090. The molecule has 2 N–H and O–H groups in total. The summed E-state index contributed by atoms with van der Waals surface area (Å²) in [6.07, 6.45) is -4.57. The fourth-order valence-electron chi connectivity index (χ4n) is 5.17. The minimum absolute atomic E-state index is 0.0184. The van der Waals surface area contributed by atoms with E-state index < -0.39 is 61.6 Å². The predicted octanol–water partition coefficient (Wildman–Crippen LogP) is 2.05. The van der Waals surface area contributed by atoms with Crippen LogP contribution in [0.3, 0.4) is 0 Å². The van der Waals surface area contributed by atoms with E-state index in [0.29, 0.717) is 0 Å². The largest absolute Gasteiger partial charge is 0.384 e. The molecular weight excluding hydrogens is 473 g/mol. The summed E-state index contributed by atoms with van der Waals surface area (Å²) in [5.74, 6) is 0. The van der Waals surface area contributed by atoms with Gasteiger partial charge in [0.05, 0.1) is 19.1 Å². The van der Waals surface area contributed by atoms with E-state index in [0.717, 1.165) is 16.8 Å².